The number of alkyl halides is 3. The Labute approximate surface area is 174 Å². The summed E-state index contributed by atoms with van der Waals surface area (Å²) in [5, 5.41) is 2.64. The molecule has 1 N–H and O–H groups in total. The van der Waals surface area contributed by atoms with Gasteiger partial charge in [0.25, 0.3) is 11.5 Å². The maximum atomic E-state index is 12.9. The first-order valence-electron chi connectivity index (χ1n) is 9.02. The number of ether oxygens (including phenoxy) is 1. The van der Waals surface area contributed by atoms with Gasteiger partial charge in [0.05, 0.1) is 35.7 Å². The minimum atomic E-state index is -4.57. The molecule has 31 heavy (non-hydrogen) atoms. The smallest absolute Gasteiger partial charge is 0.416 e. The molecule has 2 aromatic heterocycles. The molecule has 1 aromatic carbocycles. The van der Waals surface area contributed by atoms with Gasteiger partial charge < -0.3 is 10.1 Å². The van der Waals surface area contributed by atoms with Gasteiger partial charge in [0.15, 0.2) is 0 Å². The third-order valence-electron chi connectivity index (χ3n) is 4.52. The number of hydrogen-bond donors (Lipinski definition) is 1. The predicted octanol–water partition coefficient (Wildman–Crippen LogP) is 2.76. The van der Waals surface area contributed by atoms with Crippen molar-refractivity contribution in [3.8, 4) is 17.1 Å². The van der Waals surface area contributed by atoms with Crippen molar-refractivity contribution in [2.75, 3.05) is 7.11 Å². The second kappa shape index (κ2) is 8.54. The SMILES string of the molecule is COc1cc(C(F)(F)F)ccc1C(=O)NC(C)c1nc(-c2ccncn2)cc(=O)n1C. The Morgan fingerprint density at radius 2 is 1.94 bits per heavy atom. The van der Waals surface area contributed by atoms with E-state index in [2.05, 4.69) is 20.3 Å². The molecule has 3 aromatic rings. The van der Waals surface area contributed by atoms with Crippen LogP contribution in [0.25, 0.3) is 11.4 Å². The third-order valence-corrected chi connectivity index (χ3v) is 4.52. The second-order valence-corrected chi connectivity index (χ2v) is 6.60. The van der Waals surface area contributed by atoms with E-state index >= 15 is 0 Å². The zero-order chi connectivity index (χ0) is 22.8. The number of hydrogen-bond acceptors (Lipinski definition) is 6. The van der Waals surface area contributed by atoms with Gasteiger partial charge in [-0.25, -0.2) is 15.0 Å². The summed E-state index contributed by atoms with van der Waals surface area (Å²) in [5.74, 6) is -0.670. The lowest BCUT2D eigenvalue weighted by molar-refractivity contribution is -0.137. The summed E-state index contributed by atoms with van der Waals surface area (Å²) in [5.41, 5.74) is -0.660. The molecule has 8 nitrogen and oxygen atoms in total. The third kappa shape index (κ3) is 4.71. The Kier molecular flexibility index (Phi) is 6.04. The lowest BCUT2D eigenvalue weighted by atomic mass is 10.1. The number of nitrogens with one attached hydrogen (secondary N) is 1. The van der Waals surface area contributed by atoms with Gasteiger partial charge in [-0.1, -0.05) is 0 Å². The highest BCUT2D eigenvalue weighted by Gasteiger charge is 2.32. The lowest BCUT2D eigenvalue weighted by Crippen LogP contribution is -2.33. The normalized spacial score (nSPS) is 12.3. The van der Waals surface area contributed by atoms with Crippen molar-refractivity contribution >= 4 is 5.91 Å². The molecule has 1 amide bonds. The molecule has 0 saturated heterocycles. The minimum Gasteiger partial charge on any atom is -0.496 e. The first-order valence-corrected chi connectivity index (χ1v) is 9.02. The summed E-state index contributed by atoms with van der Waals surface area (Å²) in [6.07, 6.45) is -1.75. The number of halogens is 3. The maximum Gasteiger partial charge on any atom is 0.416 e. The molecule has 0 saturated carbocycles. The zero-order valence-corrected chi connectivity index (χ0v) is 16.8. The van der Waals surface area contributed by atoms with E-state index in [0.29, 0.717) is 11.4 Å². The number of benzene rings is 1. The topological polar surface area (TPSA) is 99.0 Å². The van der Waals surface area contributed by atoms with E-state index in [4.69, 9.17) is 4.74 Å². The minimum absolute atomic E-state index is 0.0840. The first-order chi connectivity index (χ1) is 14.6. The van der Waals surface area contributed by atoms with E-state index in [-0.39, 0.29) is 22.7 Å². The van der Waals surface area contributed by atoms with E-state index in [1.165, 1.54) is 37.3 Å². The van der Waals surface area contributed by atoms with E-state index in [1.54, 1.807) is 13.0 Å². The predicted molar refractivity (Wildman–Crippen MR) is 104 cm³/mol. The molecule has 0 aliphatic rings. The number of amides is 1. The lowest BCUT2D eigenvalue weighted by Gasteiger charge is -2.18. The summed E-state index contributed by atoms with van der Waals surface area (Å²) < 4.78 is 45.0. The summed E-state index contributed by atoms with van der Waals surface area (Å²) >= 11 is 0. The van der Waals surface area contributed by atoms with Gasteiger partial charge in [0, 0.05) is 19.3 Å². The van der Waals surface area contributed by atoms with Crippen molar-refractivity contribution in [1.82, 2.24) is 24.8 Å². The Morgan fingerprint density at radius 1 is 1.19 bits per heavy atom. The van der Waals surface area contributed by atoms with Crippen LogP contribution in [0.1, 0.15) is 34.7 Å². The quantitative estimate of drug-likeness (QED) is 0.664. The summed E-state index contributed by atoms with van der Waals surface area (Å²) in [4.78, 5) is 37.4. The van der Waals surface area contributed by atoms with Crippen molar-refractivity contribution in [3.63, 3.8) is 0 Å². The van der Waals surface area contributed by atoms with Crippen LogP contribution < -0.4 is 15.6 Å². The molecular formula is C20H18F3N5O3. The Balaban J connectivity index is 1.91. The monoisotopic (exact) mass is 433 g/mol. The van der Waals surface area contributed by atoms with Gasteiger partial charge >= 0.3 is 6.18 Å². The number of methoxy groups -OCH3 is 1. The fraction of sp³-hybridized carbons (Fsp3) is 0.250. The number of rotatable bonds is 5. The molecule has 2 heterocycles. The van der Waals surface area contributed by atoms with Gasteiger partial charge in [-0.15, -0.1) is 0 Å². The van der Waals surface area contributed by atoms with Crippen LogP contribution in [0.15, 0.2) is 47.7 Å². The number of carbonyl (C=O) groups is 1. The Bertz CT molecular complexity index is 1160. The van der Waals surface area contributed by atoms with Gasteiger partial charge in [-0.05, 0) is 31.2 Å². The molecule has 162 valence electrons. The molecule has 0 spiro atoms. The highest BCUT2D eigenvalue weighted by molar-refractivity contribution is 5.97. The van der Waals surface area contributed by atoms with Crippen LogP contribution in [-0.4, -0.2) is 32.5 Å². The number of nitrogens with zero attached hydrogens (tertiary/aromatic N) is 4. The van der Waals surface area contributed by atoms with Gasteiger partial charge in [-0.3, -0.25) is 14.2 Å². The molecular weight excluding hydrogens is 415 g/mol. The summed E-state index contributed by atoms with van der Waals surface area (Å²) in [6, 6.07) is 4.73. The second-order valence-electron chi connectivity index (χ2n) is 6.60. The van der Waals surface area contributed by atoms with Crippen molar-refractivity contribution in [1.29, 1.82) is 0 Å². The molecule has 1 atom stereocenters. The average Bonchev–Trinajstić information content (AvgIpc) is 2.74. The maximum absolute atomic E-state index is 12.9. The fourth-order valence-electron chi connectivity index (χ4n) is 2.91. The van der Waals surface area contributed by atoms with Crippen molar-refractivity contribution in [3.05, 3.63) is 70.2 Å². The van der Waals surface area contributed by atoms with Crippen molar-refractivity contribution < 1.29 is 22.7 Å². The van der Waals surface area contributed by atoms with Crippen LogP contribution in [0.3, 0.4) is 0 Å². The first kappa shape index (κ1) is 21.9. The van der Waals surface area contributed by atoms with Gasteiger partial charge in [-0.2, -0.15) is 13.2 Å². The molecule has 0 fully saturated rings. The van der Waals surface area contributed by atoms with E-state index < -0.39 is 23.7 Å². The van der Waals surface area contributed by atoms with Crippen molar-refractivity contribution in [2.45, 2.75) is 19.1 Å². The molecule has 0 bridgehead atoms. The highest BCUT2D eigenvalue weighted by atomic mass is 19.4. The Hall–Kier alpha value is -3.76. The molecule has 0 aliphatic carbocycles. The Morgan fingerprint density at radius 3 is 2.55 bits per heavy atom. The van der Waals surface area contributed by atoms with Crippen LogP contribution in [0, 0.1) is 0 Å². The molecule has 0 radical (unpaired) electrons. The van der Waals surface area contributed by atoms with Crippen LogP contribution in [-0.2, 0) is 13.2 Å². The molecule has 0 aliphatic heterocycles. The standard InChI is InChI=1S/C20H18F3N5O3/c1-11(18-27-15(9-17(29)28(18)2)14-6-7-24-10-25-14)26-19(30)13-5-4-12(20(21,22)23)8-16(13)31-3/h4-11H,1-3H3,(H,26,30). The van der Waals surface area contributed by atoms with Crippen LogP contribution in [0.2, 0.25) is 0 Å². The van der Waals surface area contributed by atoms with E-state index in [9.17, 15) is 22.8 Å². The van der Waals surface area contributed by atoms with Gasteiger partial charge in [0.1, 0.15) is 17.9 Å². The van der Waals surface area contributed by atoms with Crippen LogP contribution in [0.5, 0.6) is 5.75 Å². The van der Waals surface area contributed by atoms with Crippen LogP contribution in [0.4, 0.5) is 13.2 Å². The summed E-state index contributed by atoms with van der Waals surface area (Å²) in [7, 11) is 2.67. The fourth-order valence-corrected chi connectivity index (χ4v) is 2.91. The van der Waals surface area contributed by atoms with Gasteiger partial charge in [0.2, 0.25) is 0 Å². The van der Waals surface area contributed by atoms with E-state index in [0.717, 1.165) is 18.2 Å². The zero-order valence-electron chi connectivity index (χ0n) is 16.8. The van der Waals surface area contributed by atoms with Crippen LogP contribution >= 0.6 is 0 Å². The molecule has 1 unspecified atom stereocenters. The largest absolute Gasteiger partial charge is 0.496 e. The number of carbonyl (C=O) groups excluding carboxylic acids is 1. The van der Waals surface area contributed by atoms with E-state index in [1.807, 2.05) is 0 Å². The average molecular weight is 433 g/mol. The number of aromatic nitrogens is 4. The molecule has 11 heteroatoms. The summed E-state index contributed by atoms with van der Waals surface area (Å²) in [6.45, 7) is 1.60. The van der Waals surface area contributed by atoms with Crippen molar-refractivity contribution in [2.24, 2.45) is 7.05 Å². The molecule has 3 rings (SSSR count). The highest BCUT2D eigenvalue weighted by Crippen LogP contribution is 2.33.